The molecule has 7 nitrogen and oxygen atoms in total. The molecule has 158 valence electrons. The van der Waals surface area contributed by atoms with E-state index in [1.165, 1.54) is 4.57 Å². The van der Waals surface area contributed by atoms with Gasteiger partial charge in [0.05, 0.1) is 17.5 Å². The van der Waals surface area contributed by atoms with Crippen LogP contribution in [0.25, 0.3) is 10.9 Å². The van der Waals surface area contributed by atoms with Crippen LogP contribution in [-0.2, 0) is 17.9 Å². The van der Waals surface area contributed by atoms with Crippen LogP contribution in [0.3, 0.4) is 0 Å². The Hall–Kier alpha value is -3.35. The van der Waals surface area contributed by atoms with Crippen molar-refractivity contribution in [1.29, 1.82) is 0 Å². The van der Waals surface area contributed by atoms with Crippen molar-refractivity contribution in [2.75, 3.05) is 20.2 Å². The molecule has 3 rings (SSSR count). The monoisotopic (exact) mass is 409 g/mol. The Morgan fingerprint density at radius 2 is 1.73 bits per heavy atom. The van der Waals surface area contributed by atoms with Gasteiger partial charge in [0, 0.05) is 20.1 Å². The number of carbonyl (C=O) groups is 1. The van der Waals surface area contributed by atoms with Gasteiger partial charge in [-0.25, -0.2) is 4.79 Å². The first-order valence-electron chi connectivity index (χ1n) is 10.1. The van der Waals surface area contributed by atoms with Crippen LogP contribution in [0.4, 0.5) is 0 Å². The summed E-state index contributed by atoms with van der Waals surface area (Å²) in [4.78, 5) is 39.6. The van der Waals surface area contributed by atoms with Crippen molar-refractivity contribution >= 4 is 16.8 Å². The van der Waals surface area contributed by atoms with E-state index in [4.69, 9.17) is 4.74 Å². The number of amides is 1. The summed E-state index contributed by atoms with van der Waals surface area (Å²) >= 11 is 0. The summed E-state index contributed by atoms with van der Waals surface area (Å²) in [6, 6.07) is 14.7. The van der Waals surface area contributed by atoms with Crippen LogP contribution in [-0.4, -0.2) is 40.1 Å². The Morgan fingerprint density at radius 1 is 1.03 bits per heavy atom. The first-order chi connectivity index (χ1) is 14.4. The number of likely N-dealkylation sites (N-methyl/N-ethyl adjacent to an activating group) is 1. The quantitative estimate of drug-likeness (QED) is 0.536. The van der Waals surface area contributed by atoms with Crippen LogP contribution >= 0.6 is 0 Å². The lowest BCUT2D eigenvalue weighted by Crippen LogP contribution is -2.42. The van der Waals surface area contributed by atoms with Gasteiger partial charge in [0.25, 0.3) is 5.56 Å². The lowest BCUT2D eigenvalue weighted by molar-refractivity contribution is -0.130. The van der Waals surface area contributed by atoms with Crippen LogP contribution in [0.5, 0.6) is 5.75 Å². The van der Waals surface area contributed by atoms with Crippen LogP contribution < -0.4 is 16.0 Å². The topological polar surface area (TPSA) is 73.5 Å². The normalized spacial score (nSPS) is 10.9. The molecule has 0 atom stereocenters. The number of rotatable bonds is 8. The average molecular weight is 409 g/mol. The van der Waals surface area contributed by atoms with Crippen molar-refractivity contribution in [3.05, 3.63) is 74.9 Å². The van der Waals surface area contributed by atoms with Crippen LogP contribution in [0, 0.1) is 6.92 Å². The first-order valence-corrected chi connectivity index (χ1v) is 10.1. The van der Waals surface area contributed by atoms with E-state index in [9.17, 15) is 14.4 Å². The van der Waals surface area contributed by atoms with E-state index in [-0.39, 0.29) is 24.6 Å². The van der Waals surface area contributed by atoms with Gasteiger partial charge in [-0.05, 0) is 44.0 Å². The van der Waals surface area contributed by atoms with Crippen molar-refractivity contribution in [2.45, 2.75) is 33.4 Å². The molecule has 0 spiro atoms. The maximum absolute atomic E-state index is 12.8. The van der Waals surface area contributed by atoms with Gasteiger partial charge < -0.3 is 9.64 Å². The van der Waals surface area contributed by atoms with E-state index in [0.29, 0.717) is 30.5 Å². The molecule has 1 heterocycles. The molecule has 0 unspecified atom stereocenters. The number of carbonyl (C=O) groups excluding carboxylic acids is 1. The number of nitrogens with zero attached hydrogens (tertiary/aromatic N) is 3. The summed E-state index contributed by atoms with van der Waals surface area (Å²) in [5.41, 5.74) is 0.746. The number of para-hydroxylation sites is 2. The molecule has 0 bridgehead atoms. The molecule has 0 saturated carbocycles. The number of benzene rings is 2. The van der Waals surface area contributed by atoms with Crippen LogP contribution in [0.1, 0.15) is 18.9 Å². The highest BCUT2D eigenvalue weighted by atomic mass is 16.5. The van der Waals surface area contributed by atoms with Crippen LogP contribution in [0.15, 0.2) is 58.1 Å². The third kappa shape index (κ3) is 4.45. The summed E-state index contributed by atoms with van der Waals surface area (Å²) in [6.45, 7) is 4.86. The molecule has 0 fully saturated rings. The van der Waals surface area contributed by atoms with Crippen LogP contribution in [0.2, 0.25) is 0 Å². The summed E-state index contributed by atoms with van der Waals surface area (Å²) in [6.07, 6.45) is 0.667. The van der Waals surface area contributed by atoms with E-state index in [2.05, 4.69) is 0 Å². The number of fused-ring (bicyclic) bond motifs is 1. The van der Waals surface area contributed by atoms with Gasteiger partial charge in [-0.15, -0.1) is 0 Å². The fraction of sp³-hybridized carbons (Fsp3) is 0.348. The highest BCUT2D eigenvalue weighted by Gasteiger charge is 2.16. The Balaban J connectivity index is 1.68. The molecule has 0 aliphatic rings. The van der Waals surface area contributed by atoms with Gasteiger partial charge in [-0.1, -0.05) is 30.3 Å². The molecule has 2 aromatic carbocycles. The van der Waals surface area contributed by atoms with E-state index in [1.807, 2.05) is 31.2 Å². The summed E-state index contributed by atoms with van der Waals surface area (Å²) in [5, 5.41) is 0.432. The van der Waals surface area contributed by atoms with Crippen molar-refractivity contribution in [3.63, 3.8) is 0 Å². The van der Waals surface area contributed by atoms with Crippen molar-refractivity contribution in [2.24, 2.45) is 0 Å². The second-order valence-corrected chi connectivity index (χ2v) is 7.22. The molecule has 30 heavy (non-hydrogen) atoms. The Bertz CT molecular complexity index is 1160. The lowest BCUT2D eigenvalue weighted by Gasteiger charge is -2.19. The zero-order valence-electron chi connectivity index (χ0n) is 17.6. The predicted octanol–water partition coefficient (Wildman–Crippen LogP) is 2.42. The maximum Gasteiger partial charge on any atom is 0.331 e. The molecular weight excluding hydrogens is 382 g/mol. The zero-order valence-corrected chi connectivity index (χ0v) is 17.6. The number of aryl methyl sites for hydroxylation is 1. The minimum absolute atomic E-state index is 0.116. The second-order valence-electron chi connectivity index (χ2n) is 7.22. The number of aromatic nitrogens is 2. The van der Waals surface area contributed by atoms with Crippen molar-refractivity contribution in [3.8, 4) is 5.75 Å². The Morgan fingerprint density at radius 3 is 2.47 bits per heavy atom. The largest absolute Gasteiger partial charge is 0.493 e. The molecule has 7 heteroatoms. The molecule has 0 saturated heterocycles. The van der Waals surface area contributed by atoms with E-state index >= 15 is 0 Å². The van der Waals surface area contributed by atoms with Gasteiger partial charge in [0.1, 0.15) is 12.3 Å². The predicted molar refractivity (Wildman–Crippen MR) is 117 cm³/mol. The van der Waals surface area contributed by atoms with Gasteiger partial charge in [0.15, 0.2) is 0 Å². The Kier molecular flexibility index (Phi) is 6.72. The molecule has 1 amide bonds. The Labute approximate surface area is 175 Å². The summed E-state index contributed by atoms with van der Waals surface area (Å²) in [5.74, 6) is 0.644. The third-order valence-electron chi connectivity index (χ3n) is 5.16. The standard InChI is InChI=1S/C23H27N3O4/c1-4-25-22(28)18-11-6-7-12-19(18)26(23(25)29)16-21(27)24(3)14-9-15-30-20-13-8-5-10-17(20)2/h5-8,10-13H,4,9,14-16H2,1-3H3. The average Bonchev–Trinajstić information content (AvgIpc) is 2.75. The fourth-order valence-corrected chi connectivity index (χ4v) is 3.39. The molecule has 0 radical (unpaired) electrons. The van der Waals surface area contributed by atoms with Gasteiger partial charge in [-0.3, -0.25) is 18.7 Å². The zero-order chi connectivity index (χ0) is 21.7. The third-order valence-corrected chi connectivity index (χ3v) is 5.16. The van der Waals surface area contributed by atoms with Gasteiger partial charge in [-0.2, -0.15) is 0 Å². The summed E-state index contributed by atoms with van der Waals surface area (Å²) < 4.78 is 8.31. The van der Waals surface area contributed by atoms with Crippen molar-refractivity contribution in [1.82, 2.24) is 14.0 Å². The molecule has 0 aliphatic heterocycles. The molecule has 0 N–H and O–H groups in total. The van der Waals surface area contributed by atoms with Crippen molar-refractivity contribution < 1.29 is 9.53 Å². The van der Waals surface area contributed by atoms with E-state index in [0.717, 1.165) is 15.9 Å². The highest BCUT2D eigenvalue weighted by Crippen LogP contribution is 2.16. The van der Waals surface area contributed by atoms with Gasteiger partial charge >= 0.3 is 5.69 Å². The number of hydrogen-bond donors (Lipinski definition) is 0. The maximum atomic E-state index is 12.8. The number of ether oxygens (including phenoxy) is 1. The fourth-order valence-electron chi connectivity index (χ4n) is 3.39. The minimum atomic E-state index is -0.467. The molecule has 0 aliphatic carbocycles. The van der Waals surface area contributed by atoms with Gasteiger partial charge in [0.2, 0.25) is 5.91 Å². The molecule has 3 aromatic rings. The number of hydrogen-bond acceptors (Lipinski definition) is 4. The SMILES string of the molecule is CCn1c(=O)c2ccccc2n(CC(=O)N(C)CCCOc2ccccc2C)c1=O. The molecular formula is C23H27N3O4. The first kappa shape index (κ1) is 21.4. The van der Waals surface area contributed by atoms with E-state index < -0.39 is 5.69 Å². The minimum Gasteiger partial charge on any atom is -0.493 e. The lowest BCUT2D eigenvalue weighted by atomic mass is 10.2. The van der Waals surface area contributed by atoms with E-state index in [1.54, 1.807) is 43.1 Å². The second kappa shape index (κ2) is 9.43. The molecule has 1 aromatic heterocycles. The summed E-state index contributed by atoms with van der Waals surface area (Å²) in [7, 11) is 1.71. The highest BCUT2D eigenvalue weighted by molar-refractivity contribution is 5.81. The smallest absolute Gasteiger partial charge is 0.331 e.